The number of nitrogens with zero attached hydrogens (tertiary/aromatic N) is 2. The van der Waals surface area contributed by atoms with Crippen molar-refractivity contribution < 1.29 is 4.79 Å². The highest BCUT2D eigenvalue weighted by Crippen LogP contribution is 2.25. The van der Waals surface area contributed by atoms with Gasteiger partial charge in [0.1, 0.15) is 5.82 Å². The molecule has 1 fully saturated rings. The van der Waals surface area contributed by atoms with Crippen LogP contribution in [0.15, 0.2) is 36.4 Å². The molecule has 1 amide bonds. The molecule has 1 aromatic carbocycles. The number of amides is 1. The maximum absolute atomic E-state index is 11.1. The zero-order valence-electron chi connectivity index (χ0n) is 11.3. The molecular formula is C15H15ClN4O. The zero-order chi connectivity index (χ0) is 14.7. The lowest BCUT2D eigenvalue weighted by Crippen LogP contribution is -2.18. The van der Waals surface area contributed by atoms with Crippen LogP contribution >= 0.6 is 11.6 Å². The molecule has 2 heterocycles. The summed E-state index contributed by atoms with van der Waals surface area (Å²) in [6, 6.07) is 11.3. The number of carbonyl (C=O) groups excluding carboxylic acids is 1. The summed E-state index contributed by atoms with van der Waals surface area (Å²) in [5, 5.41) is 15.0. The minimum absolute atomic E-state index is 0.113. The van der Waals surface area contributed by atoms with Crippen molar-refractivity contribution in [3.8, 4) is 11.3 Å². The van der Waals surface area contributed by atoms with Crippen LogP contribution in [0.4, 0.5) is 5.82 Å². The number of anilines is 1. The molecule has 2 aromatic rings. The Balaban J connectivity index is 1.64. The third-order valence-electron chi connectivity index (χ3n) is 3.45. The molecule has 1 unspecified atom stereocenters. The highest BCUT2D eigenvalue weighted by atomic mass is 35.5. The second-order valence-electron chi connectivity index (χ2n) is 5.04. The van der Waals surface area contributed by atoms with Gasteiger partial charge in [-0.1, -0.05) is 29.8 Å². The summed E-state index contributed by atoms with van der Waals surface area (Å²) in [5.41, 5.74) is 1.60. The molecule has 3 rings (SSSR count). The Bertz CT molecular complexity index is 644. The summed E-state index contributed by atoms with van der Waals surface area (Å²) in [7, 11) is 0. The largest absolute Gasteiger partial charge is 0.368 e. The van der Waals surface area contributed by atoms with Crippen LogP contribution in [-0.2, 0) is 4.79 Å². The van der Waals surface area contributed by atoms with Gasteiger partial charge in [0.2, 0.25) is 5.91 Å². The van der Waals surface area contributed by atoms with Crippen molar-refractivity contribution in [2.45, 2.75) is 6.42 Å². The second-order valence-corrected chi connectivity index (χ2v) is 5.45. The molecule has 5 nitrogen and oxygen atoms in total. The van der Waals surface area contributed by atoms with Gasteiger partial charge in [-0.2, -0.15) is 0 Å². The van der Waals surface area contributed by atoms with E-state index in [-0.39, 0.29) is 5.91 Å². The van der Waals surface area contributed by atoms with Crippen LogP contribution in [0.1, 0.15) is 6.42 Å². The molecule has 6 heteroatoms. The molecule has 1 aliphatic heterocycles. The third kappa shape index (κ3) is 3.31. The first-order chi connectivity index (χ1) is 10.2. The molecule has 0 spiro atoms. The van der Waals surface area contributed by atoms with Crippen molar-refractivity contribution in [1.29, 1.82) is 0 Å². The first kappa shape index (κ1) is 13.8. The van der Waals surface area contributed by atoms with Gasteiger partial charge in [-0.05, 0) is 18.2 Å². The van der Waals surface area contributed by atoms with Gasteiger partial charge in [0.05, 0.1) is 10.7 Å². The Hall–Kier alpha value is -2.14. The summed E-state index contributed by atoms with van der Waals surface area (Å²) in [6.07, 6.45) is 0.568. The summed E-state index contributed by atoms with van der Waals surface area (Å²) in [6.45, 7) is 1.43. The fourth-order valence-electron chi connectivity index (χ4n) is 2.30. The average molecular weight is 303 g/mol. The minimum Gasteiger partial charge on any atom is -0.368 e. The van der Waals surface area contributed by atoms with Gasteiger partial charge in [-0.15, -0.1) is 10.2 Å². The molecule has 0 bridgehead atoms. The number of hydrogen-bond donors (Lipinski definition) is 2. The predicted molar refractivity (Wildman–Crippen MR) is 82.1 cm³/mol. The van der Waals surface area contributed by atoms with Crippen molar-refractivity contribution in [3.63, 3.8) is 0 Å². The molecule has 1 saturated heterocycles. The molecule has 0 aliphatic carbocycles. The predicted octanol–water partition coefficient (Wildman–Crippen LogP) is 2.34. The first-order valence-electron chi connectivity index (χ1n) is 6.81. The van der Waals surface area contributed by atoms with Crippen LogP contribution < -0.4 is 10.6 Å². The average Bonchev–Trinajstić information content (AvgIpc) is 2.92. The second kappa shape index (κ2) is 6.10. The van der Waals surface area contributed by atoms with E-state index in [0.29, 0.717) is 29.7 Å². The van der Waals surface area contributed by atoms with Gasteiger partial charge in [0.15, 0.2) is 0 Å². The number of benzene rings is 1. The number of nitrogens with one attached hydrogen (secondary N) is 2. The summed E-state index contributed by atoms with van der Waals surface area (Å²) < 4.78 is 0. The molecule has 0 radical (unpaired) electrons. The van der Waals surface area contributed by atoms with Crippen LogP contribution in [0, 0.1) is 5.92 Å². The third-order valence-corrected chi connectivity index (χ3v) is 3.78. The maximum Gasteiger partial charge on any atom is 0.220 e. The number of rotatable bonds is 4. The standard InChI is InChI=1S/C15H15ClN4O/c16-12-4-2-1-3-11(12)13-5-6-14(20-19-13)17-8-10-7-15(21)18-9-10/h1-6,10H,7-9H2,(H,17,20)(H,18,21). The van der Waals surface area contributed by atoms with Crippen molar-refractivity contribution in [3.05, 3.63) is 41.4 Å². The van der Waals surface area contributed by atoms with E-state index in [1.807, 2.05) is 36.4 Å². The van der Waals surface area contributed by atoms with E-state index < -0.39 is 0 Å². The van der Waals surface area contributed by atoms with Crippen LogP contribution in [0.5, 0.6) is 0 Å². The van der Waals surface area contributed by atoms with Crippen LogP contribution in [0.2, 0.25) is 5.02 Å². The molecule has 1 atom stereocenters. The Labute approximate surface area is 127 Å². The summed E-state index contributed by atoms with van der Waals surface area (Å²) in [4.78, 5) is 11.1. The van der Waals surface area contributed by atoms with Crippen molar-refractivity contribution in [1.82, 2.24) is 15.5 Å². The Morgan fingerprint density at radius 2 is 2.10 bits per heavy atom. The Morgan fingerprint density at radius 3 is 2.76 bits per heavy atom. The lowest BCUT2D eigenvalue weighted by Gasteiger charge is -2.09. The number of hydrogen-bond acceptors (Lipinski definition) is 4. The summed E-state index contributed by atoms with van der Waals surface area (Å²) >= 11 is 6.14. The SMILES string of the molecule is O=C1CC(CNc2ccc(-c3ccccc3Cl)nn2)CN1. The maximum atomic E-state index is 11.1. The topological polar surface area (TPSA) is 66.9 Å². The highest BCUT2D eigenvalue weighted by Gasteiger charge is 2.20. The number of aromatic nitrogens is 2. The Morgan fingerprint density at radius 1 is 1.24 bits per heavy atom. The molecule has 1 aliphatic rings. The molecule has 108 valence electrons. The van der Waals surface area contributed by atoms with E-state index in [0.717, 1.165) is 17.8 Å². The molecule has 1 aromatic heterocycles. The minimum atomic E-state index is 0.113. The highest BCUT2D eigenvalue weighted by molar-refractivity contribution is 6.33. The monoisotopic (exact) mass is 302 g/mol. The van der Waals surface area contributed by atoms with E-state index in [2.05, 4.69) is 20.8 Å². The van der Waals surface area contributed by atoms with Gasteiger partial charge in [-0.3, -0.25) is 4.79 Å². The molecule has 2 N–H and O–H groups in total. The van der Waals surface area contributed by atoms with Crippen LogP contribution in [-0.4, -0.2) is 29.2 Å². The lowest BCUT2D eigenvalue weighted by atomic mass is 10.1. The fourth-order valence-corrected chi connectivity index (χ4v) is 2.53. The number of halogens is 1. The zero-order valence-corrected chi connectivity index (χ0v) is 12.1. The van der Waals surface area contributed by atoms with Gasteiger partial charge in [-0.25, -0.2) is 0 Å². The molecule has 21 heavy (non-hydrogen) atoms. The van der Waals surface area contributed by atoms with Crippen LogP contribution in [0.3, 0.4) is 0 Å². The fraction of sp³-hybridized carbons (Fsp3) is 0.267. The summed E-state index contributed by atoms with van der Waals surface area (Å²) in [5.74, 6) is 1.12. The van der Waals surface area contributed by atoms with Gasteiger partial charge in [0, 0.05) is 31.0 Å². The molecular weight excluding hydrogens is 288 g/mol. The van der Waals surface area contributed by atoms with E-state index >= 15 is 0 Å². The Kier molecular flexibility index (Phi) is 4.01. The quantitative estimate of drug-likeness (QED) is 0.910. The first-order valence-corrected chi connectivity index (χ1v) is 7.19. The van der Waals surface area contributed by atoms with E-state index in [9.17, 15) is 4.79 Å². The lowest BCUT2D eigenvalue weighted by molar-refractivity contribution is -0.119. The van der Waals surface area contributed by atoms with E-state index in [4.69, 9.17) is 11.6 Å². The van der Waals surface area contributed by atoms with E-state index in [1.54, 1.807) is 0 Å². The van der Waals surface area contributed by atoms with Gasteiger partial charge < -0.3 is 10.6 Å². The van der Waals surface area contributed by atoms with Gasteiger partial charge in [0.25, 0.3) is 0 Å². The van der Waals surface area contributed by atoms with E-state index in [1.165, 1.54) is 0 Å². The number of carbonyl (C=O) groups is 1. The normalized spacial score (nSPS) is 17.6. The van der Waals surface area contributed by atoms with Gasteiger partial charge >= 0.3 is 0 Å². The van der Waals surface area contributed by atoms with Crippen LogP contribution in [0.25, 0.3) is 11.3 Å². The van der Waals surface area contributed by atoms with Crippen molar-refractivity contribution in [2.75, 3.05) is 18.4 Å². The molecule has 0 saturated carbocycles. The van der Waals surface area contributed by atoms with Crippen molar-refractivity contribution >= 4 is 23.3 Å². The smallest absolute Gasteiger partial charge is 0.220 e. The van der Waals surface area contributed by atoms with Crippen molar-refractivity contribution in [2.24, 2.45) is 5.92 Å².